The van der Waals surface area contributed by atoms with Crippen molar-refractivity contribution in [1.82, 2.24) is 4.98 Å². The lowest BCUT2D eigenvalue weighted by molar-refractivity contribution is -0.274. The fourth-order valence-corrected chi connectivity index (χ4v) is 1.54. The minimum atomic E-state index is -4.84. The molecule has 0 fully saturated rings. The van der Waals surface area contributed by atoms with Crippen molar-refractivity contribution in [3.05, 3.63) is 40.2 Å². The molecule has 1 aromatic heterocycles. The van der Waals surface area contributed by atoms with Crippen LogP contribution in [-0.4, -0.2) is 22.4 Å². The van der Waals surface area contributed by atoms with Crippen molar-refractivity contribution >= 4 is 16.9 Å². The van der Waals surface area contributed by atoms with Gasteiger partial charge in [0.25, 0.3) is 5.56 Å². The summed E-state index contributed by atoms with van der Waals surface area (Å²) < 4.78 is 39.7. The van der Waals surface area contributed by atoms with Gasteiger partial charge in [0.2, 0.25) is 0 Å². The van der Waals surface area contributed by atoms with E-state index in [1.54, 1.807) is 0 Å². The molecule has 100 valence electrons. The molecule has 5 nitrogen and oxygen atoms in total. The number of nitrogens with one attached hydrogen (secondary N) is 1. The van der Waals surface area contributed by atoms with E-state index in [1.165, 1.54) is 6.07 Å². The van der Waals surface area contributed by atoms with Crippen LogP contribution in [0.2, 0.25) is 0 Å². The van der Waals surface area contributed by atoms with Gasteiger partial charge in [0.1, 0.15) is 11.3 Å². The number of halogens is 3. The number of aromatic nitrogens is 1. The van der Waals surface area contributed by atoms with Crippen LogP contribution in [-0.2, 0) is 0 Å². The Hall–Kier alpha value is -2.51. The standard InChI is InChI=1S/C11H6F3NO4/c12-11(13,14)19-6-2-1-5-3-7(10(17)18)9(16)15-8(5)4-6/h1-4H,(H,15,16)(H,17,18). The molecule has 0 amide bonds. The number of hydrogen-bond acceptors (Lipinski definition) is 3. The molecule has 19 heavy (non-hydrogen) atoms. The second kappa shape index (κ2) is 4.30. The van der Waals surface area contributed by atoms with E-state index in [0.717, 1.165) is 18.2 Å². The molecular formula is C11H6F3NO4. The molecule has 2 aromatic rings. The number of carboxylic acid groups (broad SMARTS) is 1. The lowest BCUT2D eigenvalue weighted by atomic mass is 10.1. The summed E-state index contributed by atoms with van der Waals surface area (Å²) in [6.07, 6.45) is -4.84. The van der Waals surface area contributed by atoms with E-state index in [0.29, 0.717) is 0 Å². The molecular weight excluding hydrogens is 267 g/mol. The van der Waals surface area contributed by atoms with E-state index >= 15 is 0 Å². The zero-order valence-corrected chi connectivity index (χ0v) is 9.12. The Morgan fingerprint density at radius 2 is 1.95 bits per heavy atom. The summed E-state index contributed by atoms with van der Waals surface area (Å²) in [7, 11) is 0. The average Bonchev–Trinajstić information content (AvgIpc) is 2.25. The monoisotopic (exact) mass is 273 g/mol. The van der Waals surface area contributed by atoms with Crippen molar-refractivity contribution in [3.8, 4) is 5.75 Å². The first-order valence-corrected chi connectivity index (χ1v) is 4.92. The Morgan fingerprint density at radius 1 is 1.26 bits per heavy atom. The molecule has 8 heteroatoms. The van der Waals surface area contributed by atoms with Crippen molar-refractivity contribution in [1.29, 1.82) is 0 Å². The maximum Gasteiger partial charge on any atom is 0.573 e. The highest BCUT2D eigenvalue weighted by Crippen LogP contribution is 2.25. The van der Waals surface area contributed by atoms with Gasteiger partial charge in [-0.1, -0.05) is 0 Å². The number of H-pyrrole nitrogens is 1. The van der Waals surface area contributed by atoms with Gasteiger partial charge in [0.15, 0.2) is 0 Å². The number of aromatic carboxylic acids is 1. The molecule has 0 radical (unpaired) electrons. The number of benzene rings is 1. The van der Waals surface area contributed by atoms with E-state index in [2.05, 4.69) is 9.72 Å². The SMILES string of the molecule is O=C(O)c1cc2ccc(OC(F)(F)F)cc2[nH]c1=O. The summed E-state index contributed by atoms with van der Waals surface area (Å²) in [6.45, 7) is 0. The van der Waals surface area contributed by atoms with Gasteiger partial charge >= 0.3 is 12.3 Å². The Bertz CT molecular complexity index is 705. The smallest absolute Gasteiger partial charge is 0.477 e. The first-order valence-electron chi connectivity index (χ1n) is 4.92. The molecule has 0 aliphatic heterocycles. The number of aromatic amines is 1. The first kappa shape index (κ1) is 12.9. The number of hydrogen-bond donors (Lipinski definition) is 2. The van der Waals surface area contributed by atoms with E-state index in [-0.39, 0.29) is 10.9 Å². The number of alkyl halides is 3. The quantitative estimate of drug-likeness (QED) is 0.878. The Labute approximate surface area is 103 Å². The maximum absolute atomic E-state index is 12.0. The summed E-state index contributed by atoms with van der Waals surface area (Å²) >= 11 is 0. The van der Waals surface area contributed by atoms with E-state index in [1.807, 2.05) is 0 Å². The molecule has 0 saturated carbocycles. The molecule has 0 atom stereocenters. The van der Waals surface area contributed by atoms with Crippen LogP contribution >= 0.6 is 0 Å². The van der Waals surface area contributed by atoms with E-state index in [9.17, 15) is 22.8 Å². The zero-order valence-electron chi connectivity index (χ0n) is 9.12. The number of carbonyl (C=O) groups is 1. The van der Waals surface area contributed by atoms with Crippen LogP contribution in [0.25, 0.3) is 10.9 Å². The number of carboxylic acids is 1. The third kappa shape index (κ3) is 2.84. The van der Waals surface area contributed by atoms with E-state index in [4.69, 9.17) is 5.11 Å². The van der Waals surface area contributed by atoms with Crippen LogP contribution in [0.15, 0.2) is 29.1 Å². The number of fused-ring (bicyclic) bond motifs is 1. The summed E-state index contributed by atoms with van der Waals surface area (Å²) in [6, 6.07) is 4.29. The fraction of sp³-hybridized carbons (Fsp3) is 0.0909. The van der Waals surface area contributed by atoms with Gasteiger partial charge in [-0.15, -0.1) is 13.2 Å². The Balaban J connectivity index is 2.53. The molecule has 0 unspecified atom stereocenters. The highest BCUT2D eigenvalue weighted by molar-refractivity contribution is 5.92. The molecule has 2 N–H and O–H groups in total. The minimum absolute atomic E-state index is 0.0525. The minimum Gasteiger partial charge on any atom is -0.477 e. The fourth-order valence-electron chi connectivity index (χ4n) is 1.54. The lowest BCUT2D eigenvalue weighted by Crippen LogP contribution is -2.18. The molecule has 0 spiro atoms. The summed E-state index contributed by atoms with van der Waals surface area (Å²) in [5.74, 6) is -1.92. The van der Waals surface area contributed by atoms with Gasteiger partial charge in [-0.05, 0) is 23.6 Å². The number of ether oxygens (including phenoxy) is 1. The van der Waals surface area contributed by atoms with Gasteiger partial charge in [-0.25, -0.2) is 4.79 Å². The van der Waals surface area contributed by atoms with Gasteiger partial charge in [0.05, 0.1) is 5.52 Å². The predicted molar refractivity (Wildman–Crippen MR) is 58.2 cm³/mol. The summed E-state index contributed by atoms with van der Waals surface area (Å²) in [5.41, 5.74) is -1.34. The van der Waals surface area contributed by atoms with Crippen LogP contribution in [0, 0.1) is 0 Å². The highest BCUT2D eigenvalue weighted by Gasteiger charge is 2.31. The normalized spacial score (nSPS) is 11.5. The van der Waals surface area contributed by atoms with Gasteiger partial charge < -0.3 is 14.8 Å². The average molecular weight is 273 g/mol. The lowest BCUT2D eigenvalue weighted by Gasteiger charge is -2.09. The predicted octanol–water partition coefficient (Wildman–Crippen LogP) is 2.12. The molecule has 0 aliphatic rings. The molecule has 1 aromatic carbocycles. The summed E-state index contributed by atoms with van der Waals surface area (Å²) in [4.78, 5) is 24.3. The van der Waals surface area contributed by atoms with Crippen LogP contribution in [0.4, 0.5) is 13.2 Å². The Kier molecular flexibility index (Phi) is 2.93. The second-order valence-corrected chi connectivity index (χ2v) is 3.61. The first-order chi connectivity index (χ1) is 8.76. The van der Waals surface area contributed by atoms with Gasteiger partial charge in [-0.3, -0.25) is 4.79 Å². The number of rotatable bonds is 2. The van der Waals surface area contributed by atoms with Crippen molar-refractivity contribution in [2.75, 3.05) is 0 Å². The van der Waals surface area contributed by atoms with Crippen LogP contribution in [0.3, 0.4) is 0 Å². The molecule has 2 rings (SSSR count). The highest BCUT2D eigenvalue weighted by atomic mass is 19.4. The molecule has 0 bridgehead atoms. The third-order valence-electron chi connectivity index (χ3n) is 2.28. The molecule has 0 aliphatic carbocycles. The number of pyridine rings is 1. The Morgan fingerprint density at radius 3 is 2.53 bits per heavy atom. The van der Waals surface area contributed by atoms with Crippen LogP contribution in [0.5, 0.6) is 5.75 Å². The largest absolute Gasteiger partial charge is 0.573 e. The second-order valence-electron chi connectivity index (χ2n) is 3.61. The van der Waals surface area contributed by atoms with E-state index < -0.39 is 29.2 Å². The van der Waals surface area contributed by atoms with Gasteiger partial charge in [0, 0.05) is 6.07 Å². The third-order valence-corrected chi connectivity index (χ3v) is 2.28. The van der Waals surface area contributed by atoms with Crippen molar-refractivity contribution in [3.63, 3.8) is 0 Å². The molecule has 0 saturated heterocycles. The topological polar surface area (TPSA) is 79.4 Å². The zero-order chi connectivity index (χ0) is 14.2. The van der Waals surface area contributed by atoms with Crippen molar-refractivity contribution in [2.24, 2.45) is 0 Å². The van der Waals surface area contributed by atoms with Gasteiger partial charge in [-0.2, -0.15) is 0 Å². The van der Waals surface area contributed by atoms with Crippen LogP contribution < -0.4 is 10.3 Å². The summed E-state index contributed by atoms with van der Waals surface area (Å²) in [5, 5.41) is 9.02. The molecule has 1 heterocycles. The maximum atomic E-state index is 12.0. The van der Waals surface area contributed by atoms with Crippen molar-refractivity contribution < 1.29 is 27.8 Å². The van der Waals surface area contributed by atoms with Crippen LogP contribution in [0.1, 0.15) is 10.4 Å². The van der Waals surface area contributed by atoms with Crippen molar-refractivity contribution in [2.45, 2.75) is 6.36 Å².